The molecule has 0 amide bonds. The van der Waals surface area contributed by atoms with E-state index < -0.39 is 0 Å². The monoisotopic (exact) mass is 268 g/mol. The fourth-order valence-electron chi connectivity index (χ4n) is 2.71. The van der Waals surface area contributed by atoms with Crippen molar-refractivity contribution in [1.29, 1.82) is 0 Å². The Balaban J connectivity index is 1.82. The minimum Gasteiger partial charge on any atom is -0.492 e. The first-order valence-corrected chi connectivity index (χ1v) is 7.17. The molecule has 0 heterocycles. The van der Waals surface area contributed by atoms with Gasteiger partial charge in [-0.15, -0.1) is 0 Å². The lowest BCUT2D eigenvalue weighted by Crippen LogP contribution is -1.98. The average Bonchev–Trinajstić information content (AvgIpc) is 2.90. The molecule has 20 heavy (non-hydrogen) atoms. The van der Waals surface area contributed by atoms with Crippen molar-refractivity contribution >= 4 is 17.1 Å². The number of nitrogen functional groups attached to an aromatic ring is 1. The van der Waals surface area contributed by atoms with Crippen molar-refractivity contribution in [3.8, 4) is 5.75 Å². The summed E-state index contributed by atoms with van der Waals surface area (Å²) in [4.78, 5) is 0. The van der Waals surface area contributed by atoms with E-state index in [9.17, 15) is 0 Å². The smallest absolute Gasteiger partial charge is 0.144 e. The number of hydrogen-bond acceptors (Lipinski definition) is 3. The van der Waals surface area contributed by atoms with E-state index >= 15 is 0 Å². The van der Waals surface area contributed by atoms with Crippen LogP contribution in [0.25, 0.3) is 0 Å². The summed E-state index contributed by atoms with van der Waals surface area (Å²) in [5.74, 6) is 0.735. The summed E-state index contributed by atoms with van der Waals surface area (Å²) >= 11 is 0. The van der Waals surface area contributed by atoms with Crippen LogP contribution in [0.4, 0.5) is 17.1 Å². The maximum Gasteiger partial charge on any atom is 0.144 e. The van der Waals surface area contributed by atoms with Crippen molar-refractivity contribution in [2.45, 2.75) is 26.2 Å². The summed E-state index contributed by atoms with van der Waals surface area (Å²) < 4.78 is 5.52. The van der Waals surface area contributed by atoms with Crippen molar-refractivity contribution in [3.05, 3.63) is 47.5 Å². The molecule has 0 unspecified atom stereocenters. The Bertz CT molecular complexity index is 622. The zero-order chi connectivity index (χ0) is 13.9. The maximum absolute atomic E-state index is 5.89. The van der Waals surface area contributed by atoms with Crippen LogP contribution in [0.15, 0.2) is 36.4 Å². The van der Waals surface area contributed by atoms with Crippen LogP contribution in [0, 0.1) is 0 Å². The van der Waals surface area contributed by atoms with Crippen LogP contribution in [0.2, 0.25) is 0 Å². The van der Waals surface area contributed by atoms with Crippen LogP contribution < -0.4 is 15.8 Å². The summed E-state index contributed by atoms with van der Waals surface area (Å²) in [5, 5.41) is 3.42. The van der Waals surface area contributed by atoms with Crippen molar-refractivity contribution in [2.24, 2.45) is 0 Å². The molecule has 0 fully saturated rings. The molecule has 3 nitrogen and oxygen atoms in total. The molecule has 0 aliphatic heterocycles. The third-order valence-electron chi connectivity index (χ3n) is 3.70. The third-order valence-corrected chi connectivity index (χ3v) is 3.70. The SMILES string of the molecule is CCOc1cc(Nc2ccc3c(c2)CCC3)ccc1N. The maximum atomic E-state index is 5.89. The van der Waals surface area contributed by atoms with Gasteiger partial charge in [-0.2, -0.15) is 0 Å². The first-order chi connectivity index (χ1) is 9.76. The highest BCUT2D eigenvalue weighted by Gasteiger charge is 2.11. The van der Waals surface area contributed by atoms with Crippen LogP contribution in [0.5, 0.6) is 5.75 Å². The Morgan fingerprint density at radius 3 is 2.65 bits per heavy atom. The molecule has 0 spiro atoms. The molecule has 2 aromatic rings. The fraction of sp³-hybridized carbons (Fsp3) is 0.294. The molecule has 0 bridgehead atoms. The second-order valence-electron chi connectivity index (χ2n) is 5.15. The molecule has 3 N–H and O–H groups in total. The Labute approximate surface area is 119 Å². The predicted octanol–water partition coefficient (Wildman–Crippen LogP) is 3.90. The molecule has 0 radical (unpaired) electrons. The quantitative estimate of drug-likeness (QED) is 0.827. The van der Waals surface area contributed by atoms with Gasteiger partial charge in [0.15, 0.2) is 0 Å². The van der Waals surface area contributed by atoms with Gasteiger partial charge < -0.3 is 15.8 Å². The Morgan fingerprint density at radius 2 is 1.80 bits per heavy atom. The average molecular weight is 268 g/mol. The van der Waals surface area contributed by atoms with E-state index in [0.717, 1.165) is 17.1 Å². The van der Waals surface area contributed by atoms with Crippen LogP contribution in [-0.4, -0.2) is 6.61 Å². The standard InChI is InChI=1S/C17H20N2O/c1-2-20-17-11-15(8-9-16(17)18)19-14-7-6-12-4-3-5-13(12)10-14/h6-11,19H,2-5,18H2,1H3. The van der Waals surface area contributed by atoms with E-state index in [-0.39, 0.29) is 0 Å². The fourth-order valence-corrected chi connectivity index (χ4v) is 2.71. The Morgan fingerprint density at radius 1 is 1.05 bits per heavy atom. The molecular formula is C17H20N2O. The van der Waals surface area contributed by atoms with Gasteiger partial charge in [0.05, 0.1) is 12.3 Å². The lowest BCUT2D eigenvalue weighted by atomic mass is 10.1. The van der Waals surface area contributed by atoms with Crippen molar-refractivity contribution in [3.63, 3.8) is 0 Å². The van der Waals surface area contributed by atoms with E-state index in [1.807, 2.05) is 25.1 Å². The number of nitrogens with two attached hydrogens (primary N) is 1. The molecule has 0 aromatic heterocycles. The van der Waals surface area contributed by atoms with Gasteiger partial charge in [-0.1, -0.05) is 6.07 Å². The van der Waals surface area contributed by atoms with Gasteiger partial charge in [-0.05, 0) is 61.6 Å². The predicted molar refractivity (Wildman–Crippen MR) is 83.8 cm³/mol. The largest absolute Gasteiger partial charge is 0.492 e. The lowest BCUT2D eigenvalue weighted by Gasteiger charge is -2.12. The summed E-state index contributed by atoms with van der Waals surface area (Å²) in [5.41, 5.74) is 11.6. The molecule has 3 rings (SSSR count). The minimum atomic E-state index is 0.618. The number of ether oxygens (including phenoxy) is 1. The van der Waals surface area contributed by atoms with E-state index in [4.69, 9.17) is 10.5 Å². The van der Waals surface area contributed by atoms with Gasteiger partial charge in [-0.3, -0.25) is 0 Å². The number of hydrogen-bond donors (Lipinski definition) is 2. The first kappa shape index (κ1) is 12.9. The zero-order valence-corrected chi connectivity index (χ0v) is 11.8. The Hall–Kier alpha value is -2.16. The highest BCUT2D eigenvalue weighted by molar-refractivity contribution is 5.67. The molecule has 3 heteroatoms. The van der Waals surface area contributed by atoms with Crippen molar-refractivity contribution < 1.29 is 4.74 Å². The van der Waals surface area contributed by atoms with E-state index in [0.29, 0.717) is 12.3 Å². The zero-order valence-electron chi connectivity index (χ0n) is 11.8. The van der Waals surface area contributed by atoms with Gasteiger partial charge in [0.1, 0.15) is 5.75 Å². The molecule has 2 aromatic carbocycles. The minimum absolute atomic E-state index is 0.618. The van der Waals surface area contributed by atoms with Gasteiger partial charge in [0, 0.05) is 17.4 Å². The highest BCUT2D eigenvalue weighted by atomic mass is 16.5. The van der Waals surface area contributed by atoms with E-state index in [1.54, 1.807) is 0 Å². The molecule has 1 aliphatic rings. The molecule has 1 aliphatic carbocycles. The second-order valence-corrected chi connectivity index (χ2v) is 5.15. The number of rotatable bonds is 4. The van der Waals surface area contributed by atoms with Gasteiger partial charge >= 0.3 is 0 Å². The topological polar surface area (TPSA) is 47.3 Å². The summed E-state index contributed by atoms with van der Waals surface area (Å²) in [6, 6.07) is 12.4. The number of nitrogens with one attached hydrogen (secondary N) is 1. The van der Waals surface area contributed by atoms with Gasteiger partial charge in [-0.25, -0.2) is 0 Å². The number of benzene rings is 2. The van der Waals surface area contributed by atoms with Gasteiger partial charge in [0.25, 0.3) is 0 Å². The molecule has 0 atom stereocenters. The number of anilines is 3. The first-order valence-electron chi connectivity index (χ1n) is 7.17. The molecular weight excluding hydrogens is 248 g/mol. The van der Waals surface area contributed by atoms with Crippen LogP contribution in [-0.2, 0) is 12.8 Å². The van der Waals surface area contributed by atoms with E-state index in [2.05, 4.69) is 23.5 Å². The highest BCUT2D eigenvalue weighted by Crippen LogP contribution is 2.30. The number of aryl methyl sites for hydroxylation is 2. The third kappa shape index (κ3) is 2.57. The molecule has 0 saturated carbocycles. The normalized spacial score (nSPS) is 13.1. The Kier molecular flexibility index (Phi) is 3.50. The molecule has 104 valence electrons. The summed E-state index contributed by atoms with van der Waals surface area (Å²) in [7, 11) is 0. The second kappa shape index (κ2) is 5.45. The van der Waals surface area contributed by atoms with Gasteiger partial charge in [0.2, 0.25) is 0 Å². The van der Waals surface area contributed by atoms with Crippen LogP contribution in [0.1, 0.15) is 24.5 Å². The summed E-state index contributed by atoms with van der Waals surface area (Å²) in [6.07, 6.45) is 3.68. The molecule has 0 saturated heterocycles. The lowest BCUT2D eigenvalue weighted by molar-refractivity contribution is 0.342. The van der Waals surface area contributed by atoms with Crippen LogP contribution in [0.3, 0.4) is 0 Å². The summed E-state index contributed by atoms with van der Waals surface area (Å²) in [6.45, 7) is 2.58. The van der Waals surface area contributed by atoms with Crippen molar-refractivity contribution in [2.75, 3.05) is 17.7 Å². The number of fused-ring (bicyclic) bond motifs is 1. The van der Waals surface area contributed by atoms with Crippen molar-refractivity contribution in [1.82, 2.24) is 0 Å². The van der Waals surface area contributed by atoms with E-state index in [1.165, 1.54) is 30.4 Å². The van der Waals surface area contributed by atoms with Crippen LogP contribution >= 0.6 is 0 Å².